The molecule has 1 N–H and O–H groups in total. The van der Waals surface area contributed by atoms with E-state index >= 15 is 0 Å². The summed E-state index contributed by atoms with van der Waals surface area (Å²) in [6.45, 7) is 1.66. The summed E-state index contributed by atoms with van der Waals surface area (Å²) in [5.41, 5.74) is 3.64. The van der Waals surface area contributed by atoms with Gasteiger partial charge in [0.25, 0.3) is 5.91 Å². The van der Waals surface area contributed by atoms with Crippen molar-refractivity contribution < 1.29 is 9.53 Å². The van der Waals surface area contributed by atoms with E-state index < -0.39 is 0 Å². The summed E-state index contributed by atoms with van der Waals surface area (Å²) in [7, 11) is 3.45. The largest absolute Gasteiger partial charge is 0.383 e. The number of carbonyl (C=O) groups is 1. The highest BCUT2D eigenvalue weighted by Crippen LogP contribution is 2.32. The van der Waals surface area contributed by atoms with Crippen LogP contribution in [0.15, 0.2) is 67.4 Å². The van der Waals surface area contributed by atoms with E-state index in [9.17, 15) is 4.79 Å². The summed E-state index contributed by atoms with van der Waals surface area (Å²) in [5.74, 6) is -0.0201. The SMILES string of the molecule is COCCN(C)C(=O)c1cn(Cc2cnc[nH]2)cc1-c1cccc2ccccc12. The number of amides is 1. The molecule has 0 atom stereocenters. The number of H-pyrrole nitrogens is 1. The Bertz CT molecular complexity index is 1110. The number of likely N-dealkylation sites (N-methyl/N-ethyl adjacent to an activating group) is 1. The summed E-state index contributed by atoms with van der Waals surface area (Å²) in [6, 6.07) is 14.4. The number of nitrogens with one attached hydrogen (secondary N) is 1. The van der Waals surface area contributed by atoms with Gasteiger partial charge in [0.15, 0.2) is 0 Å². The molecule has 0 aliphatic rings. The Kier molecular flexibility index (Phi) is 5.44. The Labute approximate surface area is 169 Å². The lowest BCUT2D eigenvalue weighted by molar-refractivity contribution is 0.0745. The first kappa shape index (κ1) is 19.0. The van der Waals surface area contributed by atoms with Gasteiger partial charge in [-0.2, -0.15) is 0 Å². The van der Waals surface area contributed by atoms with Crippen LogP contribution in [0.3, 0.4) is 0 Å². The molecule has 0 saturated carbocycles. The molecule has 2 aromatic carbocycles. The van der Waals surface area contributed by atoms with Crippen LogP contribution >= 0.6 is 0 Å². The average Bonchev–Trinajstić information content (AvgIpc) is 3.41. The van der Waals surface area contributed by atoms with E-state index in [1.807, 2.05) is 35.2 Å². The molecule has 29 heavy (non-hydrogen) atoms. The summed E-state index contributed by atoms with van der Waals surface area (Å²) < 4.78 is 7.17. The first-order valence-electron chi connectivity index (χ1n) is 9.57. The second-order valence-electron chi connectivity index (χ2n) is 7.08. The van der Waals surface area contributed by atoms with Crippen LogP contribution < -0.4 is 0 Å². The maximum Gasteiger partial charge on any atom is 0.255 e. The minimum atomic E-state index is -0.0201. The predicted molar refractivity (Wildman–Crippen MR) is 114 cm³/mol. The van der Waals surface area contributed by atoms with Crippen molar-refractivity contribution in [1.29, 1.82) is 0 Å². The number of imidazole rings is 1. The van der Waals surface area contributed by atoms with Crippen molar-refractivity contribution in [3.05, 3.63) is 78.6 Å². The molecule has 2 aromatic heterocycles. The monoisotopic (exact) mass is 388 g/mol. The number of aromatic nitrogens is 3. The maximum absolute atomic E-state index is 13.2. The zero-order chi connectivity index (χ0) is 20.2. The first-order valence-corrected chi connectivity index (χ1v) is 9.57. The number of fused-ring (bicyclic) bond motifs is 1. The van der Waals surface area contributed by atoms with E-state index in [1.165, 1.54) is 0 Å². The third kappa shape index (κ3) is 3.93. The third-order valence-electron chi connectivity index (χ3n) is 5.08. The van der Waals surface area contributed by atoms with E-state index in [2.05, 4.69) is 34.2 Å². The van der Waals surface area contributed by atoms with Crippen LogP contribution in [-0.4, -0.2) is 52.7 Å². The molecule has 4 aromatic rings. The summed E-state index contributed by atoms with van der Waals surface area (Å²) >= 11 is 0. The fourth-order valence-electron chi connectivity index (χ4n) is 3.55. The van der Waals surface area contributed by atoms with Gasteiger partial charge in [-0.05, 0) is 16.3 Å². The van der Waals surface area contributed by atoms with Crippen molar-refractivity contribution >= 4 is 16.7 Å². The minimum Gasteiger partial charge on any atom is -0.383 e. The Morgan fingerprint density at radius 1 is 1.14 bits per heavy atom. The minimum absolute atomic E-state index is 0.0201. The van der Waals surface area contributed by atoms with Gasteiger partial charge >= 0.3 is 0 Å². The molecule has 0 radical (unpaired) electrons. The van der Waals surface area contributed by atoms with Crippen molar-refractivity contribution in [1.82, 2.24) is 19.4 Å². The molecule has 148 valence electrons. The maximum atomic E-state index is 13.2. The number of methoxy groups -OCH3 is 1. The lowest BCUT2D eigenvalue weighted by Crippen LogP contribution is -2.30. The molecule has 0 unspecified atom stereocenters. The number of benzene rings is 2. The van der Waals surface area contributed by atoms with Gasteiger partial charge in [0.05, 0.1) is 30.7 Å². The van der Waals surface area contributed by atoms with Crippen LogP contribution in [0.5, 0.6) is 0 Å². The summed E-state index contributed by atoms with van der Waals surface area (Å²) in [6.07, 6.45) is 7.42. The van der Waals surface area contributed by atoms with Crippen LogP contribution in [0.2, 0.25) is 0 Å². The zero-order valence-electron chi connectivity index (χ0n) is 16.6. The van der Waals surface area contributed by atoms with Gasteiger partial charge in [-0.3, -0.25) is 4.79 Å². The van der Waals surface area contributed by atoms with Gasteiger partial charge in [0, 0.05) is 44.9 Å². The molecular formula is C23H24N4O2. The van der Waals surface area contributed by atoms with E-state index in [-0.39, 0.29) is 5.91 Å². The van der Waals surface area contributed by atoms with Crippen LogP contribution in [0.25, 0.3) is 21.9 Å². The van der Waals surface area contributed by atoms with E-state index in [0.29, 0.717) is 25.3 Å². The van der Waals surface area contributed by atoms with Crippen LogP contribution in [0.4, 0.5) is 0 Å². The van der Waals surface area contributed by atoms with Crippen LogP contribution in [0.1, 0.15) is 16.1 Å². The van der Waals surface area contributed by atoms with Gasteiger partial charge < -0.3 is 19.2 Å². The fraction of sp³-hybridized carbons (Fsp3) is 0.217. The normalized spacial score (nSPS) is 11.1. The van der Waals surface area contributed by atoms with Crippen molar-refractivity contribution in [3.63, 3.8) is 0 Å². The molecule has 0 saturated heterocycles. The molecule has 4 rings (SSSR count). The lowest BCUT2D eigenvalue weighted by atomic mass is 9.97. The summed E-state index contributed by atoms with van der Waals surface area (Å²) in [5, 5.41) is 2.28. The number of carbonyl (C=O) groups excluding carboxylic acids is 1. The topological polar surface area (TPSA) is 63.1 Å². The molecule has 1 amide bonds. The van der Waals surface area contributed by atoms with Crippen LogP contribution in [0, 0.1) is 0 Å². The number of aromatic amines is 1. The lowest BCUT2D eigenvalue weighted by Gasteiger charge is -2.17. The third-order valence-corrected chi connectivity index (χ3v) is 5.08. The number of nitrogens with zero attached hydrogens (tertiary/aromatic N) is 3. The molecule has 0 aliphatic heterocycles. The standard InChI is InChI=1S/C23H24N4O2/c1-26(10-11-29-2)23(28)22-15-27(13-18-12-24-16-25-18)14-21(22)20-9-5-7-17-6-3-4-8-19(17)20/h3-9,12,14-16H,10-11,13H2,1-2H3,(H,24,25). The van der Waals surface area contributed by atoms with Gasteiger partial charge in [0.2, 0.25) is 0 Å². The highest BCUT2D eigenvalue weighted by molar-refractivity contribution is 6.05. The second-order valence-corrected chi connectivity index (χ2v) is 7.08. The number of hydrogen-bond donors (Lipinski definition) is 1. The Balaban J connectivity index is 1.80. The molecular weight excluding hydrogens is 364 g/mol. The van der Waals surface area contributed by atoms with Crippen LogP contribution in [-0.2, 0) is 11.3 Å². The van der Waals surface area contributed by atoms with Crippen molar-refractivity contribution in [2.45, 2.75) is 6.54 Å². The quantitative estimate of drug-likeness (QED) is 0.524. The van der Waals surface area contributed by atoms with Gasteiger partial charge in [-0.15, -0.1) is 0 Å². The van der Waals surface area contributed by atoms with Crippen molar-refractivity contribution in [2.75, 3.05) is 27.3 Å². The fourth-order valence-corrected chi connectivity index (χ4v) is 3.55. The van der Waals surface area contributed by atoms with E-state index in [1.54, 1.807) is 31.6 Å². The molecule has 6 heteroatoms. The number of ether oxygens (including phenoxy) is 1. The highest BCUT2D eigenvalue weighted by Gasteiger charge is 2.20. The van der Waals surface area contributed by atoms with E-state index in [0.717, 1.165) is 27.6 Å². The predicted octanol–water partition coefficient (Wildman–Crippen LogP) is 3.80. The molecule has 0 bridgehead atoms. The molecule has 0 aliphatic carbocycles. The molecule has 0 fully saturated rings. The van der Waals surface area contributed by atoms with Gasteiger partial charge in [-0.25, -0.2) is 4.98 Å². The second kappa shape index (κ2) is 8.32. The van der Waals surface area contributed by atoms with Crippen molar-refractivity contribution in [2.24, 2.45) is 0 Å². The zero-order valence-corrected chi connectivity index (χ0v) is 16.6. The molecule has 6 nitrogen and oxygen atoms in total. The summed E-state index contributed by atoms with van der Waals surface area (Å²) in [4.78, 5) is 22.1. The Morgan fingerprint density at radius 3 is 2.76 bits per heavy atom. The first-order chi connectivity index (χ1) is 14.2. The molecule has 2 heterocycles. The van der Waals surface area contributed by atoms with Gasteiger partial charge in [0.1, 0.15) is 0 Å². The Morgan fingerprint density at radius 2 is 1.97 bits per heavy atom. The smallest absolute Gasteiger partial charge is 0.255 e. The Hall–Kier alpha value is -3.38. The average molecular weight is 388 g/mol. The van der Waals surface area contributed by atoms with E-state index in [4.69, 9.17) is 4.74 Å². The van der Waals surface area contributed by atoms with Crippen molar-refractivity contribution in [3.8, 4) is 11.1 Å². The molecule has 0 spiro atoms. The number of rotatable bonds is 7. The highest BCUT2D eigenvalue weighted by atomic mass is 16.5. The number of hydrogen-bond acceptors (Lipinski definition) is 3. The van der Waals surface area contributed by atoms with Gasteiger partial charge in [-0.1, -0.05) is 42.5 Å².